The molecule has 2 unspecified atom stereocenters. The monoisotopic (exact) mass is 421 g/mol. The maximum Gasteiger partial charge on any atom is 0.191 e. The fraction of sp³-hybridized carbons (Fsp3) is 0.562. The molecule has 0 saturated heterocycles. The fourth-order valence-electron chi connectivity index (χ4n) is 1.59. The van der Waals surface area contributed by atoms with Crippen molar-refractivity contribution in [2.75, 3.05) is 13.6 Å². The van der Waals surface area contributed by atoms with E-state index in [4.69, 9.17) is 0 Å². The van der Waals surface area contributed by atoms with Crippen LogP contribution in [0, 0.1) is 5.92 Å². The Labute approximate surface area is 150 Å². The highest BCUT2D eigenvalue weighted by molar-refractivity contribution is 14.0. The molecule has 1 rings (SSSR count). The minimum Gasteiger partial charge on any atom is -0.355 e. The molecule has 0 bridgehead atoms. The molecule has 2 atom stereocenters. The zero-order valence-corrected chi connectivity index (χ0v) is 16.7. The van der Waals surface area contributed by atoms with Crippen LogP contribution in [-0.2, 0) is 0 Å². The smallest absolute Gasteiger partial charge is 0.191 e. The van der Waals surface area contributed by atoms with Gasteiger partial charge in [0.2, 0.25) is 0 Å². The molecular weight excluding hydrogens is 393 g/mol. The quantitative estimate of drug-likeness (QED) is 0.316. The van der Waals surface area contributed by atoms with Crippen molar-refractivity contribution in [3.8, 4) is 0 Å². The first-order valence-corrected chi connectivity index (χ1v) is 8.09. The largest absolute Gasteiger partial charge is 0.355 e. The summed E-state index contributed by atoms with van der Waals surface area (Å²) in [5.41, 5.74) is 0. The standard InChI is InChI=1S/C16H27N3S.HI/c1-12(2)14(4)19-16(17-5)18-11-13(3)20-15-9-7-6-8-10-15;/h6-10,12-14H,11H2,1-5H3,(H2,17,18,19);1H. The summed E-state index contributed by atoms with van der Waals surface area (Å²) in [6.07, 6.45) is 0. The summed E-state index contributed by atoms with van der Waals surface area (Å²) in [7, 11) is 1.82. The van der Waals surface area contributed by atoms with E-state index in [0.717, 1.165) is 12.5 Å². The van der Waals surface area contributed by atoms with Crippen molar-refractivity contribution in [3.63, 3.8) is 0 Å². The van der Waals surface area contributed by atoms with Crippen molar-refractivity contribution < 1.29 is 0 Å². The second-order valence-electron chi connectivity index (χ2n) is 5.37. The average molecular weight is 421 g/mol. The molecule has 21 heavy (non-hydrogen) atoms. The lowest BCUT2D eigenvalue weighted by molar-refractivity contribution is 0.481. The van der Waals surface area contributed by atoms with Crippen molar-refractivity contribution in [2.45, 2.75) is 43.9 Å². The number of nitrogens with one attached hydrogen (secondary N) is 2. The highest BCUT2D eigenvalue weighted by Crippen LogP contribution is 2.21. The molecule has 1 aromatic rings. The van der Waals surface area contributed by atoms with E-state index in [2.05, 4.69) is 67.6 Å². The highest BCUT2D eigenvalue weighted by Gasteiger charge is 2.10. The number of benzene rings is 1. The number of hydrogen-bond acceptors (Lipinski definition) is 2. The molecule has 0 spiro atoms. The molecule has 3 nitrogen and oxygen atoms in total. The SMILES string of the molecule is CN=C(NCC(C)Sc1ccccc1)NC(C)C(C)C.I. The van der Waals surface area contributed by atoms with Crippen LogP contribution in [0.15, 0.2) is 40.2 Å². The number of rotatable bonds is 6. The van der Waals surface area contributed by atoms with Gasteiger partial charge in [-0.25, -0.2) is 0 Å². The lowest BCUT2D eigenvalue weighted by Crippen LogP contribution is -2.45. The summed E-state index contributed by atoms with van der Waals surface area (Å²) in [6, 6.07) is 10.9. The first-order valence-electron chi connectivity index (χ1n) is 7.21. The van der Waals surface area contributed by atoms with Crippen LogP contribution < -0.4 is 10.6 Å². The van der Waals surface area contributed by atoms with Crippen molar-refractivity contribution >= 4 is 41.7 Å². The molecule has 0 fully saturated rings. The molecule has 2 N–H and O–H groups in total. The first kappa shape index (κ1) is 20.6. The zero-order valence-electron chi connectivity index (χ0n) is 13.6. The Balaban J connectivity index is 0.00000400. The summed E-state index contributed by atoms with van der Waals surface area (Å²) in [6.45, 7) is 9.71. The molecule has 0 aliphatic heterocycles. The molecule has 0 aliphatic carbocycles. The summed E-state index contributed by atoms with van der Waals surface area (Å²) in [4.78, 5) is 5.58. The van der Waals surface area contributed by atoms with Crippen molar-refractivity contribution in [1.82, 2.24) is 10.6 Å². The predicted molar refractivity (Wildman–Crippen MR) is 106 cm³/mol. The topological polar surface area (TPSA) is 36.4 Å². The third-order valence-corrected chi connectivity index (χ3v) is 4.34. The Bertz CT molecular complexity index is 409. The summed E-state index contributed by atoms with van der Waals surface area (Å²) >= 11 is 1.88. The maximum atomic E-state index is 4.27. The van der Waals surface area contributed by atoms with Gasteiger partial charge in [-0.05, 0) is 25.0 Å². The van der Waals surface area contributed by atoms with Crippen LogP contribution >= 0.6 is 35.7 Å². The van der Waals surface area contributed by atoms with Gasteiger partial charge in [-0.15, -0.1) is 35.7 Å². The van der Waals surface area contributed by atoms with Gasteiger partial charge in [-0.3, -0.25) is 4.99 Å². The van der Waals surface area contributed by atoms with Crippen LogP contribution in [0.5, 0.6) is 0 Å². The second kappa shape index (κ2) is 11.2. The number of aliphatic imine (C=N–C) groups is 1. The minimum absolute atomic E-state index is 0. The number of hydrogen-bond donors (Lipinski definition) is 2. The van der Waals surface area contributed by atoms with Gasteiger partial charge in [0.15, 0.2) is 5.96 Å². The zero-order chi connectivity index (χ0) is 15.0. The lowest BCUT2D eigenvalue weighted by atomic mass is 10.1. The predicted octanol–water partition coefficient (Wildman–Crippen LogP) is 3.99. The summed E-state index contributed by atoms with van der Waals surface area (Å²) in [5, 5.41) is 7.30. The molecule has 0 aromatic heterocycles. The second-order valence-corrected chi connectivity index (χ2v) is 6.88. The first-order chi connectivity index (χ1) is 9.52. The van der Waals surface area contributed by atoms with Crippen LogP contribution in [0.4, 0.5) is 0 Å². The third kappa shape index (κ3) is 8.56. The highest BCUT2D eigenvalue weighted by atomic mass is 127. The minimum atomic E-state index is 0. The third-order valence-electron chi connectivity index (χ3n) is 3.23. The van der Waals surface area contributed by atoms with Gasteiger partial charge >= 0.3 is 0 Å². The summed E-state index contributed by atoms with van der Waals surface area (Å²) < 4.78 is 0. The van der Waals surface area contributed by atoms with Gasteiger partial charge in [-0.2, -0.15) is 0 Å². The number of guanidine groups is 1. The van der Waals surface area contributed by atoms with Gasteiger partial charge in [0.25, 0.3) is 0 Å². The van der Waals surface area contributed by atoms with E-state index in [1.807, 2.05) is 24.9 Å². The number of thioether (sulfide) groups is 1. The van der Waals surface area contributed by atoms with Gasteiger partial charge in [0, 0.05) is 29.8 Å². The number of halogens is 1. The Kier molecular flexibility index (Phi) is 11.0. The Morgan fingerprint density at radius 2 is 1.76 bits per heavy atom. The Hall–Kier alpha value is -0.430. The Morgan fingerprint density at radius 3 is 2.29 bits per heavy atom. The van der Waals surface area contributed by atoms with Crippen molar-refractivity contribution in [2.24, 2.45) is 10.9 Å². The van der Waals surface area contributed by atoms with Crippen molar-refractivity contribution in [1.29, 1.82) is 0 Å². The average Bonchev–Trinajstić information content (AvgIpc) is 2.44. The fourth-order valence-corrected chi connectivity index (χ4v) is 2.54. The molecule has 0 aliphatic rings. The molecule has 0 radical (unpaired) electrons. The van der Waals surface area contributed by atoms with Crippen LogP contribution in [0.1, 0.15) is 27.7 Å². The Morgan fingerprint density at radius 1 is 1.14 bits per heavy atom. The van der Waals surface area contributed by atoms with E-state index in [1.54, 1.807) is 0 Å². The molecule has 0 amide bonds. The van der Waals surface area contributed by atoms with E-state index < -0.39 is 0 Å². The van der Waals surface area contributed by atoms with Gasteiger partial charge in [-0.1, -0.05) is 39.0 Å². The molecule has 120 valence electrons. The lowest BCUT2D eigenvalue weighted by Gasteiger charge is -2.22. The van der Waals surface area contributed by atoms with Gasteiger partial charge in [0.1, 0.15) is 0 Å². The normalized spacial score (nSPS) is 14.3. The van der Waals surface area contributed by atoms with E-state index in [9.17, 15) is 0 Å². The molecule has 5 heteroatoms. The molecular formula is C16H28IN3S. The van der Waals surface area contributed by atoms with E-state index >= 15 is 0 Å². The van der Waals surface area contributed by atoms with Crippen LogP contribution in [-0.4, -0.2) is 30.8 Å². The van der Waals surface area contributed by atoms with E-state index in [0.29, 0.717) is 17.2 Å². The molecule has 1 aromatic carbocycles. The van der Waals surface area contributed by atoms with E-state index in [1.165, 1.54) is 4.90 Å². The van der Waals surface area contributed by atoms with Crippen LogP contribution in [0.2, 0.25) is 0 Å². The van der Waals surface area contributed by atoms with Crippen LogP contribution in [0.25, 0.3) is 0 Å². The summed E-state index contributed by atoms with van der Waals surface area (Å²) in [5.74, 6) is 1.47. The van der Waals surface area contributed by atoms with Crippen LogP contribution in [0.3, 0.4) is 0 Å². The van der Waals surface area contributed by atoms with Crippen molar-refractivity contribution in [3.05, 3.63) is 30.3 Å². The molecule has 0 saturated carbocycles. The van der Waals surface area contributed by atoms with Gasteiger partial charge in [0.05, 0.1) is 0 Å². The van der Waals surface area contributed by atoms with E-state index in [-0.39, 0.29) is 24.0 Å². The molecule has 0 heterocycles. The van der Waals surface area contributed by atoms with Gasteiger partial charge < -0.3 is 10.6 Å². The maximum absolute atomic E-state index is 4.27. The number of nitrogens with zero attached hydrogens (tertiary/aromatic N) is 1.